The standard InChI is InChI=1S/C26H22Cl2N4O3/c1-5-23(33)32-17-7-6-14(2)8-18(17)31-22-10-16-12-29-19(9-15(16)13-30-22)24-25(27)20(34-3)11-21(35-4)26(24)28/h5-13H,1H2,2-4H3,(H,30,31)(H,32,33). The van der Waals surface area contributed by atoms with Crippen LogP contribution in [0.1, 0.15) is 5.56 Å². The fraction of sp³-hybridized carbons (Fsp3) is 0.115. The summed E-state index contributed by atoms with van der Waals surface area (Å²) in [5.74, 6) is 1.15. The number of hydrogen-bond donors (Lipinski definition) is 2. The van der Waals surface area contributed by atoms with Gasteiger partial charge in [-0.1, -0.05) is 35.8 Å². The Hall–Kier alpha value is -3.81. The molecule has 1 amide bonds. The van der Waals surface area contributed by atoms with E-state index in [9.17, 15) is 4.79 Å². The zero-order chi connectivity index (χ0) is 25.1. The van der Waals surface area contributed by atoms with Crippen molar-refractivity contribution in [1.82, 2.24) is 9.97 Å². The van der Waals surface area contributed by atoms with Gasteiger partial charge < -0.3 is 20.1 Å². The van der Waals surface area contributed by atoms with E-state index < -0.39 is 0 Å². The normalized spacial score (nSPS) is 10.7. The van der Waals surface area contributed by atoms with E-state index >= 15 is 0 Å². The van der Waals surface area contributed by atoms with Gasteiger partial charge in [-0.3, -0.25) is 9.78 Å². The molecule has 178 valence electrons. The van der Waals surface area contributed by atoms with Crippen LogP contribution in [-0.4, -0.2) is 30.1 Å². The van der Waals surface area contributed by atoms with Crippen molar-refractivity contribution in [3.63, 3.8) is 0 Å². The van der Waals surface area contributed by atoms with Crippen LogP contribution in [0.3, 0.4) is 0 Å². The number of halogens is 2. The minimum absolute atomic E-state index is 0.299. The maximum absolute atomic E-state index is 11.8. The van der Waals surface area contributed by atoms with Gasteiger partial charge in [0, 0.05) is 34.8 Å². The Morgan fingerprint density at radius 2 is 1.60 bits per heavy atom. The molecule has 7 nitrogen and oxygen atoms in total. The van der Waals surface area contributed by atoms with Crippen LogP contribution in [0.4, 0.5) is 17.2 Å². The summed E-state index contributed by atoms with van der Waals surface area (Å²) < 4.78 is 10.7. The van der Waals surface area contributed by atoms with Crippen LogP contribution >= 0.6 is 23.2 Å². The fourth-order valence-corrected chi connectivity index (χ4v) is 4.24. The molecular weight excluding hydrogens is 487 g/mol. The van der Waals surface area contributed by atoms with E-state index in [2.05, 4.69) is 27.2 Å². The lowest BCUT2D eigenvalue weighted by molar-refractivity contribution is -0.111. The average Bonchev–Trinajstić information content (AvgIpc) is 2.86. The topological polar surface area (TPSA) is 85.4 Å². The van der Waals surface area contributed by atoms with Crippen LogP contribution < -0.4 is 20.1 Å². The van der Waals surface area contributed by atoms with Gasteiger partial charge in [0.15, 0.2) is 0 Å². The summed E-state index contributed by atoms with van der Waals surface area (Å²) >= 11 is 13.1. The summed E-state index contributed by atoms with van der Waals surface area (Å²) in [6.45, 7) is 5.46. The molecule has 0 atom stereocenters. The number of rotatable bonds is 7. The number of pyridine rings is 2. The molecule has 0 unspecified atom stereocenters. The molecule has 0 aliphatic rings. The zero-order valence-corrected chi connectivity index (χ0v) is 20.8. The molecule has 4 aromatic rings. The second kappa shape index (κ2) is 10.2. The number of amides is 1. The van der Waals surface area contributed by atoms with Crippen LogP contribution in [0.25, 0.3) is 22.0 Å². The number of carbonyl (C=O) groups excluding carboxylic acids is 1. The average molecular weight is 509 g/mol. The van der Waals surface area contributed by atoms with E-state index in [4.69, 9.17) is 32.7 Å². The molecule has 2 N–H and O–H groups in total. The molecular formula is C26H22Cl2N4O3. The van der Waals surface area contributed by atoms with Gasteiger partial charge >= 0.3 is 0 Å². The van der Waals surface area contributed by atoms with Crippen molar-refractivity contribution in [2.75, 3.05) is 24.9 Å². The molecule has 0 fully saturated rings. The highest BCUT2D eigenvalue weighted by Gasteiger charge is 2.20. The smallest absolute Gasteiger partial charge is 0.247 e. The Labute approximate surface area is 212 Å². The van der Waals surface area contributed by atoms with Crippen LogP contribution in [0.15, 0.2) is 61.4 Å². The predicted molar refractivity (Wildman–Crippen MR) is 141 cm³/mol. The molecule has 0 aliphatic heterocycles. The molecule has 2 aromatic carbocycles. The van der Waals surface area contributed by atoms with E-state index in [-0.39, 0.29) is 5.91 Å². The molecule has 4 rings (SSSR count). The first-order valence-electron chi connectivity index (χ1n) is 10.5. The van der Waals surface area contributed by atoms with Gasteiger partial charge in [0.1, 0.15) is 17.3 Å². The number of ether oxygens (including phenoxy) is 2. The molecule has 0 saturated heterocycles. The number of anilines is 3. The van der Waals surface area contributed by atoms with Gasteiger partial charge in [0.25, 0.3) is 0 Å². The van der Waals surface area contributed by atoms with Gasteiger partial charge in [-0.25, -0.2) is 4.98 Å². The summed E-state index contributed by atoms with van der Waals surface area (Å²) in [5.41, 5.74) is 3.42. The number of hydrogen-bond acceptors (Lipinski definition) is 6. The van der Waals surface area contributed by atoms with Crippen molar-refractivity contribution < 1.29 is 14.3 Å². The Balaban J connectivity index is 1.71. The van der Waals surface area contributed by atoms with E-state index in [1.165, 1.54) is 20.3 Å². The maximum atomic E-state index is 11.8. The number of aryl methyl sites for hydroxylation is 1. The van der Waals surface area contributed by atoms with Gasteiger partial charge in [-0.15, -0.1) is 0 Å². The number of aromatic nitrogens is 2. The molecule has 2 aromatic heterocycles. The third-order valence-corrected chi connectivity index (χ3v) is 6.06. The third-order valence-electron chi connectivity index (χ3n) is 5.31. The maximum Gasteiger partial charge on any atom is 0.247 e. The van der Waals surface area contributed by atoms with Gasteiger partial charge in [-0.2, -0.15) is 0 Å². The van der Waals surface area contributed by atoms with Gasteiger partial charge in [0.2, 0.25) is 5.91 Å². The van der Waals surface area contributed by atoms with E-state index in [0.29, 0.717) is 50.0 Å². The van der Waals surface area contributed by atoms with E-state index in [1.54, 1.807) is 18.5 Å². The molecule has 0 saturated carbocycles. The molecule has 2 heterocycles. The monoisotopic (exact) mass is 508 g/mol. The van der Waals surface area contributed by atoms with Crippen LogP contribution in [-0.2, 0) is 4.79 Å². The number of carbonyl (C=O) groups is 1. The molecule has 0 spiro atoms. The van der Waals surface area contributed by atoms with Gasteiger partial charge in [0.05, 0.1) is 41.3 Å². The summed E-state index contributed by atoms with van der Waals surface area (Å²) in [7, 11) is 3.04. The lowest BCUT2D eigenvalue weighted by atomic mass is 10.1. The number of nitrogens with zero attached hydrogens (tertiary/aromatic N) is 2. The Morgan fingerprint density at radius 1 is 0.943 bits per heavy atom. The number of methoxy groups -OCH3 is 2. The fourth-order valence-electron chi connectivity index (χ4n) is 3.55. The second-order valence-electron chi connectivity index (χ2n) is 7.64. The predicted octanol–water partition coefficient (Wildman–Crippen LogP) is 6.80. The summed E-state index contributed by atoms with van der Waals surface area (Å²) in [4.78, 5) is 20.9. The quantitative estimate of drug-likeness (QED) is 0.267. The third kappa shape index (κ3) is 5.01. The summed E-state index contributed by atoms with van der Waals surface area (Å²) in [6.07, 6.45) is 4.66. The van der Waals surface area contributed by atoms with Gasteiger partial charge in [-0.05, 0) is 42.8 Å². The zero-order valence-electron chi connectivity index (χ0n) is 19.3. The van der Waals surface area contributed by atoms with Crippen molar-refractivity contribution in [2.24, 2.45) is 0 Å². The van der Waals surface area contributed by atoms with Crippen LogP contribution in [0.2, 0.25) is 10.0 Å². The molecule has 35 heavy (non-hydrogen) atoms. The minimum atomic E-state index is -0.299. The SMILES string of the molecule is C=CC(=O)Nc1ccc(C)cc1Nc1cc2cnc(-c3c(Cl)c(OC)cc(OC)c3Cl)cc2cn1. The highest BCUT2D eigenvalue weighted by Crippen LogP contribution is 2.45. The first kappa shape index (κ1) is 24.3. The van der Waals surface area contributed by atoms with Crippen molar-refractivity contribution >= 4 is 57.1 Å². The van der Waals surface area contributed by atoms with Crippen molar-refractivity contribution in [3.8, 4) is 22.8 Å². The summed E-state index contributed by atoms with van der Waals surface area (Å²) in [5, 5.41) is 8.41. The number of benzene rings is 2. The Kier molecular flexibility index (Phi) is 7.10. The first-order chi connectivity index (χ1) is 16.8. The highest BCUT2D eigenvalue weighted by molar-refractivity contribution is 6.41. The Morgan fingerprint density at radius 3 is 2.26 bits per heavy atom. The van der Waals surface area contributed by atoms with Crippen LogP contribution in [0, 0.1) is 6.92 Å². The summed E-state index contributed by atoms with van der Waals surface area (Å²) in [6, 6.07) is 11.0. The largest absolute Gasteiger partial charge is 0.495 e. The molecule has 0 bridgehead atoms. The van der Waals surface area contributed by atoms with Crippen molar-refractivity contribution in [2.45, 2.75) is 6.92 Å². The van der Waals surface area contributed by atoms with E-state index in [0.717, 1.165) is 16.3 Å². The lowest BCUT2D eigenvalue weighted by Crippen LogP contribution is -2.09. The highest BCUT2D eigenvalue weighted by atomic mass is 35.5. The second-order valence-corrected chi connectivity index (χ2v) is 8.39. The van der Waals surface area contributed by atoms with Crippen LogP contribution in [0.5, 0.6) is 11.5 Å². The number of nitrogens with one attached hydrogen (secondary N) is 2. The Bertz CT molecular complexity index is 1430. The molecule has 9 heteroatoms. The number of fused-ring (bicyclic) bond motifs is 1. The molecule has 0 aliphatic carbocycles. The van der Waals surface area contributed by atoms with Crippen molar-refractivity contribution in [1.29, 1.82) is 0 Å². The van der Waals surface area contributed by atoms with Crippen molar-refractivity contribution in [3.05, 3.63) is 77.1 Å². The van der Waals surface area contributed by atoms with E-state index in [1.807, 2.05) is 37.3 Å². The minimum Gasteiger partial charge on any atom is -0.495 e. The first-order valence-corrected chi connectivity index (χ1v) is 11.3. The lowest BCUT2D eigenvalue weighted by Gasteiger charge is -2.15. The molecule has 0 radical (unpaired) electrons.